The number of hydrogen-bond donors (Lipinski definition) is 2. The number of benzene rings is 1. The molecule has 0 aliphatic rings. The van der Waals surface area contributed by atoms with Gasteiger partial charge in [-0.15, -0.1) is 0 Å². The van der Waals surface area contributed by atoms with Crippen molar-refractivity contribution in [2.75, 3.05) is 18.1 Å². The van der Waals surface area contributed by atoms with E-state index in [1.165, 1.54) is 0 Å². The van der Waals surface area contributed by atoms with Crippen molar-refractivity contribution in [3.8, 4) is 5.75 Å². The fourth-order valence-electron chi connectivity index (χ4n) is 0.829. The van der Waals surface area contributed by atoms with Crippen LogP contribution in [0.25, 0.3) is 0 Å². The molecule has 1 aromatic rings. The molecule has 1 rings (SSSR count). The number of nitrogen functional groups attached to an aromatic ring is 1. The molecule has 3 N–H and O–H groups in total. The molecule has 0 aliphatic carbocycles. The summed E-state index contributed by atoms with van der Waals surface area (Å²) in [6.45, 7) is -0.0806. The molecule has 14 heavy (non-hydrogen) atoms. The van der Waals surface area contributed by atoms with Crippen molar-refractivity contribution in [1.82, 2.24) is 0 Å². The fraction of sp³-hybridized carbons (Fsp3) is 0.250. The lowest BCUT2D eigenvalue weighted by atomic mass is 10.3. The zero-order valence-corrected chi connectivity index (χ0v) is 8.20. The van der Waals surface area contributed by atoms with Gasteiger partial charge in [0.05, 0.1) is 0 Å². The van der Waals surface area contributed by atoms with Crippen LogP contribution < -0.4 is 10.5 Å². The van der Waals surface area contributed by atoms with Crippen molar-refractivity contribution in [3.05, 3.63) is 24.3 Å². The molecule has 0 saturated heterocycles. The molecular formula is C8H11NO4S. The number of hydrogen-bond acceptors (Lipinski definition) is 4. The Bertz CT molecular complexity index is 384. The first kappa shape index (κ1) is 10.8. The van der Waals surface area contributed by atoms with E-state index in [1.54, 1.807) is 24.3 Å². The average molecular weight is 217 g/mol. The third kappa shape index (κ3) is 4.11. The molecule has 6 heteroatoms. The normalized spacial score (nSPS) is 11.2. The molecule has 0 fully saturated rings. The van der Waals surface area contributed by atoms with Gasteiger partial charge in [-0.3, -0.25) is 4.55 Å². The molecule has 5 nitrogen and oxygen atoms in total. The quantitative estimate of drug-likeness (QED) is 0.567. The molecule has 0 amide bonds. The summed E-state index contributed by atoms with van der Waals surface area (Å²) in [5.41, 5.74) is 6.04. The van der Waals surface area contributed by atoms with Crippen LogP contribution in [0.4, 0.5) is 5.69 Å². The third-order valence-corrected chi connectivity index (χ3v) is 2.17. The number of ether oxygens (including phenoxy) is 1. The third-order valence-electron chi connectivity index (χ3n) is 1.49. The molecule has 0 aliphatic heterocycles. The number of rotatable bonds is 4. The van der Waals surface area contributed by atoms with Crippen molar-refractivity contribution in [2.24, 2.45) is 0 Å². The van der Waals surface area contributed by atoms with Crippen LogP contribution in [-0.2, 0) is 10.1 Å². The topological polar surface area (TPSA) is 89.6 Å². The first-order chi connectivity index (χ1) is 6.47. The number of nitrogens with two attached hydrogens (primary N) is 1. The van der Waals surface area contributed by atoms with E-state index in [-0.39, 0.29) is 6.61 Å². The van der Waals surface area contributed by atoms with Gasteiger partial charge in [-0.1, -0.05) is 0 Å². The second-order valence-electron chi connectivity index (χ2n) is 2.70. The van der Waals surface area contributed by atoms with Crippen LogP contribution in [0.2, 0.25) is 0 Å². The van der Waals surface area contributed by atoms with E-state index in [0.29, 0.717) is 11.4 Å². The van der Waals surface area contributed by atoms with Gasteiger partial charge < -0.3 is 10.5 Å². The minimum Gasteiger partial charge on any atom is -0.492 e. The average Bonchev–Trinajstić information content (AvgIpc) is 2.06. The summed E-state index contributed by atoms with van der Waals surface area (Å²) in [4.78, 5) is 0. The second-order valence-corrected chi connectivity index (χ2v) is 4.28. The Morgan fingerprint density at radius 1 is 1.29 bits per heavy atom. The van der Waals surface area contributed by atoms with E-state index in [2.05, 4.69) is 0 Å². The van der Waals surface area contributed by atoms with Crippen molar-refractivity contribution >= 4 is 15.8 Å². The lowest BCUT2D eigenvalue weighted by Gasteiger charge is -2.04. The van der Waals surface area contributed by atoms with Crippen molar-refractivity contribution in [3.63, 3.8) is 0 Å². The molecule has 1 aromatic carbocycles. The SMILES string of the molecule is Nc1ccc(OCCS(=O)(=O)O)cc1. The summed E-state index contributed by atoms with van der Waals surface area (Å²) in [7, 11) is -3.95. The molecule has 0 saturated carbocycles. The number of anilines is 1. The minimum absolute atomic E-state index is 0.0806. The van der Waals surface area contributed by atoms with Crippen LogP contribution in [0, 0.1) is 0 Å². The summed E-state index contributed by atoms with van der Waals surface area (Å²) >= 11 is 0. The zero-order valence-electron chi connectivity index (χ0n) is 7.38. The Morgan fingerprint density at radius 2 is 1.86 bits per heavy atom. The molecular weight excluding hydrogens is 206 g/mol. The highest BCUT2D eigenvalue weighted by molar-refractivity contribution is 7.85. The van der Waals surface area contributed by atoms with Crippen molar-refractivity contribution in [2.45, 2.75) is 0 Å². The van der Waals surface area contributed by atoms with Crippen molar-refractivity contribution < 1.29 is 17.7 Å². The van der Waals surface area contributed by atoms with Crippen LogP contribution in [0.1, 0.15) is 0 Å². The maximum absolute atomic E-state index is 10.3. The molecule has 0 spiro atoms. The van der Waals surface area contributed by atoms with Gasteiger partial charge in [-0.05, 0) is 24.3 Å². The summed E-state index contributed by atoms with van der Waals surface area (Å²) in [6, 6.07) is 6.53. The molecule has 0 unspecified atom stereocenters. The molecule has 0 aromatic heterocycles. The van der Waals surface area contributed by atoms with E-state index in [1.807, 2.05) is 0 Å². The van der Waals surface area contributed by atoms with E-state index in [9.17, 15) is 8.42 Å². The van der Waals surface area contributed by atoms with Crippen LogP contribution >= 0.6 is 0 Å². The van der Waals surface area contributed by atoms with Crippen LogP contribution in [-0.4, -0.2) is 25.3 Å². The highest BCUT2D eigenvalue weighted by Crippen LogP contribution is 2.12. The Labute approximate surface area is 82.2 Å². The van der Waals surface area contributed by atoms with E-state index in [4.69, 9.17) is 15.0 Å². The van der Waals surface area contributed by atoms with Gasteiger partial charge in [0.1, 0.15) is 18.1 Å². The minimum atomic E-state index is -3.95. The molecule has 0 radical (unpaired) electrons. The van der Waals surface area contributed by atoms with Gasteiger partial charge in [0.2, 0.25) is 0 Å². The molecule has 0 bridgehead atoms. The lowest BCUT2D eigenvalue weighted by molar-refractivity contribution is 0.336. The largest absolute Gasteiger partial charge is 0.492 e. The first-order valence-electron chi connectivity index (χ1n) is 3.91. The van der Waals surface area contributed by atoms with E-state index in [0.717, 1.165) is 0 Å². The van der Waals surface area contributed by atoms with Gasteiger partial charge >= 0.3 is 0 Å². The smallest absolute Gasteiger partial charge is 0.268 e. The van der Waals surface area contributed by atoms with E-state index < -0.39 is 15.9 Å². The Balaban J connectivity index is 2.43. The molecule has 0 atom stereocenters. The molecule has 0 heterocycles. The van der Waals surface area contributed by atoms with Crippen molar-refractivity contribution in [1.29, 1.82) is 0 Å². The van der Waals surface area contributed by atoms with Gasteiger partial charge in [-0.2, -0.15) is 8.42 Å². The maximum atomic E-state index is 10.3. The predicted octanol–water partition coefficient (Wildman–Crippen LogP) is 0.535. The van der Waals surface area contributed by atoms with Gasteiger partial charge in [0.15, 0.2) is 0 Å². The summed E-state index contributed by atoms with van der Waals surface area (Å²) in [5.74, 6) is 0.0973. The zero-order chi connectivity index (χ0) is 10.6. The maximum Gasteiger partial charge on any atom is 0.268 e. The summed E-state index contributed by atoms with van der Waals surface area (Å²) < 4.78 is 34.1. The van der Waals surface area contributed by atoms with E-state index >= 15 is 0 Å². The lowest BCUT2D eigenvalue weighted by Crippen LogP contribution is -2.12. The summed E-state index contributed by atoms with van der Waals surface area (Å²) in [5, 5.41) is 0. The van der Waals surface area contributed by atoms with Crippen LogP contribution in [0.15, 0.2) is 24.3 Å². The highest BCUT2D eigenvalue weighted by Gasteiger charge is 2.04. The van der Waals surface area contributed by atoms with Crippen LogP contribution in [0.3, 0.4) is 0 Å². The predicted molar refractivity (Wildman–Crippen MR) is 52.8 cm³/mol. The fourth-order valence-corrected chi connectivity index (χ4v) is 1.12. The van der Waals surface area contributed by atoms with Gasteiger partial charge in [0.25, 0.3) is 10.1 Å². The highest BCUT2D eigenvalue weighted by atomic mass is 32.2. The summed E-state index contributed by atoms with van der Waals surface area (Å²) in [6.07, 6.45) is 0. The van der Waals surface area contributed by atoms with Crippen LogP contribution in [0.5, 0.6) is 5.75 Å². The Kier molecular flexibility index (Phi) is 3.32. The van der Waals surface area contributed by atoms with Gasteiger partial charge in [0, 0.05) is 5.69 Å². The second kappa shape index (κ2) is 4.30. The molecule has 78 valence electrons. The standard InChI is InChI=1S/C8H11NO4S/c9-7-1-3-8(4-2-7)13-5-6-14(10,11)12/h1-4H,5-6,9H2,(H,10,11,12). The first-order valence-corrected chi connectivity index (χ1v) is 5.52. The Morgan fingerprint density at radius 3 is 2.36 bits per heavy atom. The Hall–Kier alpha value is -1.27. The monoisotopic (exact) mass is 217 g/mol. The van der Waals surface area contributed by atoms with Gasteiger partial charge in [-0.25, -0.2) is 0 Å².